The number of amides is 2. The first kappa shape index (κ1) is 22.0. The van der Waals surface area contributed by atoms with Gasteiger partial charge in [-0.05, 0) is 30.7 Å². The molecule has 9 nitrogen and oxygen atoms in total. The number of hydrogen-bond acceptors (Lipinski definition) is 5. The molecule has 9 heteroatoms. The van der Waals surface area contributed by atoms with Crippen LogP contribution < -0.4 is 14.5 Å². The Morgan fingerprint density at radius 3 is 2.50 bits per heavy atom. The van der Waals surface area contributed by atoms with E-state index >= 15 is 0 Å². The second kappa shape index (κ2) is 8.49. The van der Waals surface area contributed by atoms with Gasteiger partial charge < -0.3 is 19.5 Å². The predicted octanol–water partition coefficient (Wildman–Crippen LogP) is 4.11. The number of ether oxygens (including phenoxy) is 2. The molecule has 1 fully saturated rings. The van der Waals surface area contributed by atoms with Gasteiger partial charge in [-0.1, -0.05) is 24.3 Å². The molecule has 2 aliphatic heterocycles. The van der Waals surface area contributed by atoms with Crippen LogP contribution >= 0.6 is 0 Å². The standard InChI is InChI=1S/C25H26N4O5/c1-15-24(20-6-4-5-7-23(20)33-3)29(25(31)32)22-10-17(8-9-21(22)28(15)16(2)30)18-11-26-27(12-18)19-13-34-14-19/h4-12,15,19,24H,13-14H2,1-3H3,(H,31,32)/t15-,24?/m0/s1. The Hall–Kier alpha value is -3.85. The van der Waals surface area contributed by atoms with Gasteiger partial charge in [0.05, 0.1) is 56.0 Å². The molecule has 176 valence electrons. The molecule has 2 aliphatic rings. The molecule has 1 unspecified atom stereocenters. The van der Waals surface area contributed by atoms with Crippen LogP contribution in [0, 0.1) is 0 Å². The highest BCUT2D eigenvalue weighted by molar-refractivity contribution is 6.03. The molecule has 1 saturated heterocycles. The van der Waals surface area contributed by atoms with Gasteiger partial charge in [0.2, 0.25) is 5.91 Å². The van der Waals surface area contributed by atoms with Crippen LogP contribution in [0.25, 0.3) is 11.1 Å². The van der Waals surface area contributed by atoms with E-state index in [0.717, 1.165) is 11.1 Å². The molecule has 34 heavy (non-hydrogen) atoms. The third kappa shape index (κ3) is 3.49. The van der Waals surface area contributed by atoms with Crippen LogP contribution in [0.4, 0.5) is 16.2 Å². The number of carbonyl (C=O) groups is 2. The van der Waals surface area contributed by atoms with Crippen LogP contribution in [-0.4, -0.2) is 53.3 Å². The first-order chi connectivity index (χ1) is 16.4. The van der Waals surface area contributed by atoms with Crippen LogP contribution in [0.2, 0.25) is 0 Å². The quantitative estimate of drug-likeness (QED) is 0.627. The van der Waals surface area contributed by atoms with E-state index in [2.05, 4.69) is 5.10 Å². The number of carboxylic acid groups (broad SMARTS) is 1. The second-order valence-electron chi connectivity index (χ2n) is 8.57. The number of hydrogen-bond donors (Lipinski definition) is 1. The SMILES string of the molecule is COc1ccccc1C1[C@H](C)N(C(C)=O)c2ccc(-c3cnn(C4COC4)c3)cc2N1C(=O)O. The predicted molar refractivity (Wildman–Crippen MR) is 126 cm³/mol. The van der Waals surface area contributed by atoms with E-state index in [1.54, 1.807) is 30.3 Å². The average Bonchev–Trinajstić information content (AvgIpc) is 3.25. The Balaban J connectivity index is 1.66. The van der Waals surface area contributed by atoms with Gasteiger partial charge in [0.25, 0.3) is 0 Å². The number of carbonyl (C=O) groups excluding carboxylic acids is 1. The lowest BCUT2D eigenvalue weighted by Gasteiger charge is -2.46. The Kier molecular flexibility index (Phi) is 5.49. The fourth-order valence-corrected chi connectivity index (χ4v) is 4.88. The summed E-state index contributed by atoms with van der Waals surface area (Å²) >= 11 is 0. The number of nitrogens with zero attached hydrogens (tertiary/aromatic N) is 4. The summed E-state index contributed by atoms with van der Waals surface area (Å²) in [6, 6.07) is 11.9. The summed E-state index contributed by atoms with van der Waals surface area (Å²) in [6.45, 7) is 4.61. The summed E-state index contributed by atoms with van der Waals surface area (Å²) in [6.07, 6.45) is 2.59. The molecule has 3 heterocycles. The first-order valence-electron chi connectivity index (χ1n) is 11.1. The Morgan fingerprint density at radius 2 is 1.85 bits per heavy atom. The van der Waals surface area contributed by atoms with E-state index in [-0.39, 0.29) is 11.9 Å². The molecule has 3 aromatic rings. The molecule has 2 aromatic carbocycles. The van der Waals surface area contributed by atoms with Crippen molar-refractivity contribution < 1.29 is 24.2 Å². The number of benzene rings is 2. The maximum absolute atomic E-state index is 12.8. The number of aromatic nitrogens is 2. The van der Waals surface area contributed by atoms with E-state index in [1.807, 2.05) is 48.1 Å². The van der Waals surface area contributed by atoms with Crippen molar-refractivity contribution in [3.8, 4) is 16.9 Å². The Labute approximate surface area is 197 Å². The van der Waals surface area contributed by atoms with Crippen LogP contribution in [0.15, 0.2) is 54.9 Å². The van der Waals surface area contributed by atoms with Crippen molar-refractivity contribution in [2.24, 2.45) is 0 Å². The van der Waals surface area contributed by atoms with Gasteiger partial charge in [-0.2, -0.15) is 5.10 Å². The van der Waals surface area contributed by atoms with Gasteiger partial charge in [0, 0.05) is 24.2 Å². The van der Waals surface area contributed by atoms with Crippen LogP contribution in [0.3, 0.4) is 0 Å². The molecule has 1 aromatic heterocycles. The van der Waals surface area contributed by atoms with Gasteiger partial charge in [0.15, 0.2) is 0 Å². The molecule has 0 radical (unpaired) electrons. The lowest BCUT2D eigenvalue weighted by atomic mass is 9.91. The van der Waals surface area contributed by atoms with Crippen molar-refractivity contribution in [1.82, 2.24) is 9.78 Å². The molecule has 0 bridgehead atoms. The highest BCUT2D eigenvalue weighted by atomic mass is 16.5. The molecule has 2 atom stereocenters. The maximum atomic E-state index is 12.8. The van der Waals surface area contributed by atoms with E-state index in [0.29, 0.717) is 35.9 Å². The van der Waals surface area contributed by atoms with Crippen molar-refractivity contribution >= 4 is 23.4 Å². The number of fused-ring (bicyclic) bond motifs is 1. The molecule has 0 aliphatic carbocycles. The topological polar surface area (TPSA) is 97.1 Å². The Morgan fingerprint density at radius 1 is 1.09 bits per heavy atom. The van der Waals surface area contributed by atoms with Gasteiger partial charge in [-0.15, -0.1) is 0 Å². The first-order valence-corrected chi connectivity index (χ1v) is 11.1. The number of para-hydroxylation sites is 1. The van der Waals surface area contributed by atoms with Gasteiger partial charge in [-0.3, -0.25) is 14.4 Å². The molecule has 0 saturated carbocycles. The van der Waals surface area contributed by atoms with E-state index in [1.165, 1.54) is 11.8 Å². The van der Waals surface area contributed by atoms with E-state index in [9.17, 15) is 14.7 Å². The van der Waals surface area contributed by atoms with Crippen LogP contribution in [-0.2, 0) is 9.53 Å². The highest BCUT2D eigenvalue weighted by Crippen LogP contribution is 2.47. The maximum Gasteiger partial charge on any atom is 0.412 e. The van der Waals surface area contributed by atoms with E-state index < -0.39 is 18.2 Å². The summed E-state index contributed by atoms with van der Waals surface area (Å²) in [7, 11) is 1.55. The average molecular weight is 463 g/mol. The summed E-state index contributed by atoms with van der Waals surface area (Å²) in [5.41, 5.74) is 3.36. The zero-order valence-electron chi connectivity index (χ0n) is 19.2. The summed E-state index contributed by atoms with van der Waals surface area (Å²) in [4.78, 5) is 28.4. The minimum absolute atomic E-state index is 0.163. The zero-order valence-corrected chi connectivity index (χ0v) is 19.2. The van der Waals surface area contributed by atoms with Crippen molar-refractivity contribution in [3.63, 3.8) is 0 Å². The molecular weight excluding hydrogens is 436 g/mol. The monoisotopic (exact) mass is 462 g/mol. The lowest BCUT2D eigenvalue weighted by molar-refractivity contribution is -0.117. The fraction of sp³-hybridized carbons (Fsp3) is 0.320. The molecule has 1 N–H and O–H groups in total. The fourth-order valence-electron chi connectivity index (χ4n) is 4.88. The van der Waals surface area contributed by atoms with E-state index in [4.69, 9.17) is 9.47 Å². The number of anilines is 2. The van der Waals surface area contributed by atoms with Crippen LogP contribution in [0.1, 0.15) is 31.5 Å². The van der Waals surface area contributed by atoms with Crippen molar-refractivity contribution in [1.29, 1.82) is 0 Å². The third-order valence-corrected chi connectivity index (χ3v) is 6.57. The van der Waals surface area contributed by atoms with Crippen LogP contribution in [0.5, 0.6) is 5.75 Å². The lowest BCUT2D eigenvalue weighted by Crippen LogP contribution is -2.53. The molecular formula is C25H26N4O5. The normalized spacial score (nSPS) is 20.0. The minimum atomic E-state index is -1.10. The van der Waals surface area contributed by atoms with Crippen molar-refractivity contribution in [3.05, 3.63) is 60.4 Å². The second-order valence-corrected chi connectivity index (χ2v) is 8.57. The number of rotatable bonds is 4. The molecule has 2 amide bonds. The summed E-state index contributed by atoms with van der Waals surface area (Å²) in [5.74, 6) is 0.405. The summed E-state index contributed by atoms with van der Waals surface area (Å²) in [5, 5.41) is 14.8. The largest absolute Gasteiger partial charge is 0.496 e. The van der Waals surface area contributed by atoms with Crippen molar-refractivity contribution in [2.75, 3.05) is 30.1 Å². The minimum Gasteiger partial charge on any atom is -0.496 e. The van der Waals surface area contributed by atoms with Gasteiger partial charge in [-0.25, -0.2) is 4.79 Å². The van der Waals surface area contributed by atoms with Gasteiger partial charge in [0.1, 0.15) is 5.75 Å². The smallest absolute Gasteiger partial charge is 0.412 e. The van der Waals surface area contributed by atoms with Gasteiger partial charge >= 0.3 is 6.09 Å². The molecule has 0 spiro atoms. The zero-order chi connectivity index (χ0) is 24.0. The third-order valence-electron chi connectivity index (χ3n) is 6.57. The van der Waals surface area contributed by atoms with Crippen molar-refractivity contribution in [2.45, 2.75) is 32.0 Å². The number of methoxy groups -OCH3 is 1. The Bertz CT molecular complexity index is 1250. The highest BCUT2D eigenvalue weighted by Gasteiger charge is 2.43. The summed E-state index contributed by atoms with van der Waals surface area (Å²) < 4.78 is 12.7. The molecule has 5 rings (SSSR count).